The summed E-state index contributed by atoms with van der Waals surface area (Å²) in [6, 6.07) is 6.79. The number of aliphatic imine (C=N–C) groups is 1. The van der Waals surface area contributed by atoms with Crippen LogP contribution in [0.4, 0.5) is 0 Å². The Morgan fingerprint density at radius 3 is 2.46 bits per heavy atom. The van der Waals surface area contributed by atoms with Crippen molar-refractivity contribution in [3.63, 3.8) is 0 Å². The van der Waals surface area contributed by atoms with E-state index < -0.39 is 0 Å². The fourth-order valence-corrected chi connectivity index (χ4v) is 3.95. The molecule has 28 heavy (non-hydrogen) atoms. The Kier molecular flexibility index (Phi) is 7.39. The van der Waals surface area contributed by atoms with Gasteiger partial charge in [-0.05, 0) is 38.5 Å². The van der Waals surface area contributed by atoms with Gasteiger partial charge < -0.3 is 20.1 Å². The molecule has 3 heterocycles. The normalized spacial score (nSPS) is 25.3. The van der Waals surface area contributed by atoms with E-state index in [1.54, 1.807) is 0 Å². The highest BCUT2D eigenvalue weighted by Crippen LogP contribution is 2.30. The molecule has 2 unspecified atom stereocenters. The molecule has 7 nitrogen and oxygen atoms in total. The fourth-order valence-electron chi connectivity index (χ4n) is 3.95. The maximum atomic E-state index is 5.76. The molecule has 7 heteroatoms. The summed E-state index contributed by atoms with van der Waals surface area (Å²) in [5.74, 6) is 2.41. The maximum absolute atomic E-state index is 5.76. The molecule has 0 aliphatic carbocycles. The minimum absolute atomic E-state index is 0.105. The highest BCUT2D eigenvalue weighted by atomic mass is 16.5. The van der Waals surface area contributed by atoms with E-state index in [0.717, 1.165) is 36.1 Å². The van der Waals surface area contributed by atoms with E-state index in [2.05, 4.69) is 44.5 Å². The Morgan fingerprint density at radius 1 is 1.14 bits per heavy atom. The molecular formula is C21H35N5O2. The van der Waals surface area contributed by atoms with Crippen LogP contribution >= 0.6 is 0 Å². The minimum Gasteiger partial charge on any atom is -0.490 e. The quantitative estimate of drug-likeness (QED) is 0.521. The summed E-state index contributed by atoms with van der Waals surface area (Å²) in [6.07, 6.45) is 0. The zero-order valence-electron chi connectivity index (χ0n) is 17.7. The van der Waals surface area contributed by atoms with E-state index in [1.807, 2.05) is 27.0 Å². The number of hydrogen-bond acceptors (Lipinski definition) is 5. The molecule has 156 valence electrons. The van der Waals surface area contributed by atoms with Gasteiger partial charge in [0.05, 0.1) is 19.3 Å². The van der Waals surface area contributed by atoms with Gasteiger partial charge >= 0.3 is 0 Å². The summed E-state index contributed by atoms with van der Waals surface area (Å²) in [5, 5.41) is 7.01. The lowest BCUT2D eigenvalue weighted by atomic mass is 10.1. The first kappa shape index (κ1) is 20.7. The van der Waals surface area contributed by atoms with Crippen LogP contribution in [0.5, 0.6) is 11.5 Å². The van der Waals surface area contributed by atoms with Gasteiger partial charge in [-0.3, -0.25) is 14.8 Å². The second-order valence-electron chi connectivity index (χ2n) is 7.38. The number of fused-ring (bicyclic) bond motifs is 3. The van der Waals surface area contributed by atoms with Gasteiger partial charge in [0, 0.05) is 52.4 Å². The number of benzene rings is 1. The molecule has 2 atom stereocenters. The first-order valence-electron chi connectivity index (χ1n) is 10.5. The molecule has 2 N–H and O–H groups in total. The number of piperazine rings is 3. The molecule has 0 spiro atoms. The van der Waals surface area contributed by atoms with Crippen LogP contribution in [0.15, 0.2) is 23.2 Å². The highest BCUT2D eigenvalue weighted by molar-refractivity contribution is 5.80. The third-order valence-corrected chi connectivity index (χ3v) is 5.54. The number of nitrogens with one attached hydrogen (secondary N) is 2. The smallest absolute Gasteiger partial charge is 0.191 e. The first-order chi connectivity index (χ1) is 13.6. The van der Waals surface area contributed by atoms with E-state index in [1.165, 1.54) is 26.2 Å². The number of guanidine groups is 1. The van der Waals surface area contributed by atoms with E-state index in [-0.39, 0.29) is 6.04 Å². The number of ether oxygens (including phenoxy) is 2. The molecule has 4 rings (SSSR count). The lowest BCUT2D eigenvalue weighted by Gasteiger charge is -2.47. The van der Waals surface area contributed by atoms with Gasteiger partial charge in [-0.25, -0.2) is 0 Å². The van der Waals surface area contributed by atoms with Gasteiger partial charge in [-0.2, -0.15) is 0 Å². The molecule has 3 aliphatic heterocycles. The molecular weight excluding hydrogens is 354 g/mol. The zero-order chi connectivity index (χ0) is 19.9. The third kappa shape index (κ3) is 5.08. The number of hydrogen-bond donors (Lipinski definition) is 2. The van der Waals surface area contributed by atoms with E-state index >= 15 is 0 Å². The van der Waals surface area contributed by atoms with Crippen LogP contribution in [-0.2, 0) is 0 Å². The summed E-state index contributed by atoms with van der Waals surface area (Å²) in [5.41, 5.74) is 1.14. The van der Waals surface area contributed by atoms with Crippen LogP contribution in [0, 0.1) is 0 Å². The van der Waals surface area contributed by atoms with Crippen LogP contribution in [0.1, 0.15) is 32.4 Å². The summed E-state index contributed by atoms with van der Waals surface area (Å²) in [7, 11) is 1.82. The van der Waals surface area contributed by atoms with Crippen LogP contribution in [0.2, 0.25) is 0 Å². The van der Waals surface area contributed by atoms with Crippen molar-refractivity contribution in [2.75, 3.05) is 59.5 Å². The van der Waals surface area contributed by atoms with Crippen molar-refractivity contribution in [1.29, 1.82) is 0 Å². The summed E-state index contributed by atoms with van der Waals surface area (Å²) in [4.78, 5) is 9.56. The lowest BCUT2D eigenvalue weighted by molar-refractivity contribution is 0.0154. The van der Waals surface area contributed by atoms with Gasteiger partial charge in [-0.1, -0.05) is 6.07 Å². The number of nitrogens with zero attached hydrogens (tertiary/aromatic N) is 3. The van der Waals surface area contributed by atoms with Crippen LogP contribution in [-0.4, -0.2) is 81.3 Å². The maximum Gasteiger partial charge on any atom is 0.191 e. The molecule has 1 aromatic rings. The van der Waals surface area contributed by atoms with Crippen molar-refractivity contribution in [3.05, 3.63) is 23.8 Å². The Hall–Kier alpha value is -1.99. The molecule has 3 aliphatic rings. The van der Waals surface area contributed by atoms with Crippen molar-refractivity contribution in [2.24, 2.45) is 4.99 Å². The Bertz CT molecular complexity index is 658. The molecule has 0 aromatic heterocycles. The van der Waals surface area contributed by atoms with Crippen molar-refractivity contribution >= 4 is 5.96 Å². The fraction of sp³-hybridized carbons (Fsp3) is 0.667. The van der Waals surface area contributed by atoms with Gasteiger partial charge in [0.15, 0.2) is 17.5 Å². The molecule has 1 aromatic carbocycles. The van der Waals surface area contributed by atoms with Crippen molar-refractivity contribution in [1.82, 2.24) is 20.4 Å². The van der Waals surface area contributed by atoms with Gasteiger partial charge in [-0.15, -0.1) is 0 Å². The minimum atomic E-state index is 0.105. The zero-order valence-corrected chi connectivity index (χ0v) is 17.7. The second kappa shape index (κ2) is 9.98. The standard InChI is InChI=1S/C21H35N5O2/c1-5-27-19-8-7-17(13-20(19)28-6-2)16(3)24-21(22-4)23-14-18-15-25-9-11-26(18)12-10-25/h7-8,13,16,18H,5-6,9-12,14-15H2,1-4H3,(H2,22,23,24). The first-order valence-corrected chi connectivity index (χ1v) is 10.5. The highest BCUT2D eigenvalue weighted by Gasteiger charge is 2.31. The molecule has 0 saturated carbocycles. The average molecular weight is 390 g/mol. The predicted octanol–water partition coefficient (Wildman–Crippen LogP) is 1.71. The molecule has 3 fully saturated rings. The summed E-state index contributed by atoms with van der Waals surface area (Å²) >= 11 is 0. The lowest BCUT2D eigenvalue weighted by Crippen LogP contribution is -2.63. The van der Waals surface area contributed by atoms with E-state index in [9.17, 15) is 0 Å². The Morgan fingerprint density at radius 2 is 1.86 bits per heavy atom. The van der Waals surface area contributed by atoms with Gasteiger partial charge in [0.1, 0.15) is 0 Å². The SMILES string of the molecule is CCOc1ccc(C(C)NC(=NC)NCC2CN3CCN2CC3)cc1OCC. The van der Waals surface area contributed by atoms with Gasteiger partial charge in [0.2, 0.25) is 0 Å². The Balaban J connectivity index is 1.57. The molecule has 2 bridgehead atoms. The van der Waals surface area contributed by atoms with Crippen LogP contribution < -0.4 is 20.1 Å². The molecule has 0 radical (unpaired) electrons. The molecule has 0 amide bonds. The van der Waals surface area contributed by atoms with E-state index in [4.69, 9.17) is 9.47 Å². The van der Waals surface area contributed by atoms with Crippen molar-refractivity contribution in [3.8, 4) is 11.5 Å². The Labute approximate surface area is 169 Å². The average Bonchev–Trinajstić information content (AvgIpc) is 2.73. The summed E-state index contributed by atoms with van der Waals surface area (Å²) in [6.45, 7) is 14.2. The third-order valence-electron chi connectivity index (χ3n) is 5.54. The second-order valence-corrected chi connectivity index (χ2v) is 7.38. The van der Waals surface area contributed by atoms with Crippen LogP contribution in [0.3, 0.4) is 0 Å². The van der Waals surface area contributed by atoms with Crippen molar-refractivity contribution < 1.29 is 9.47 Å². The predicted molar refractivity (Wildman–Crippen MR) is 113 cm³/mol. The number of rotatable bonds is 8. The topological polar surface area (TPSA) is 61.4 Å². The van der Waals surface area contributed by atoms with E-state index in [0.29, 0.717) is 19.3 Å². The van der Waals surface area contributed by atoms with Gasteiger partial charge in [0.25, 0.3) is 0 Å². The molecule has 3 saturated heterocycles. The van der Waals surface area contributed by atoms with Crippen LogP contribution in [0.25, 0.3) is 0 Å². The monoisotopic (exact) mass is 389 g/mol. The largest absolute Gasteiger partial charge is 0.490 e. The van der Waals surface area contributed by atoms with Crippen molar-refractivity contribution in [2.45, 2.75) is 32.9 Å². The summed E-state index contributed by atoms with van der Waals surface area (Å²) < 4.78 is 11.4.